The first-order chi connectivity index (χ1) is 11.4. The lowest BCUT2D eigenvalue weighted by Gasteiger charge is -2.17. The molecule has 2 N–H and O–H groups in total. The van der Waals surface area contributed by atoms with E-state index in [-0.39, 0.29) is 10.6 Å². The molecule has 0 spiro atoms. The average molecular weight is 351 g/mol. The molecule has 7 heteroatoms. The van der Waals surface area contributed by atoms with Crippen molar-refractivity contribution < 1.29 is 23.5 Å². The smallest absolute Gasteiger partial charge is 0.339 e. The normalized spacial score (nSPS) is 16.5. The predicted octanol–water partition coefficient (Wildman–Crippen LogP) is 4.10. The monoisotopic (exact) mass is 351 g/mol. The third-order valence-electron chi connectivity index (χ3n) is 4.14. The van der Waals surface area contributed by atoms with Gasteiger partial charge in [-0.15, -0.1) is 11.3 Å². The molecule has 0 saturated carbocycles. The van der Waals surface area contributed by atoms with Crippen LogP contribution in [0.5, 0.6) is 0 Å². The van der Waals surface area contributed by atoms with Crippen LogP contribution in [0, 0.1) is 17.6 Å². The third-order valence-corrected chi connectivity index (χ3v) is 5.31. The number of hydrogen-bond donors (Lipinski definition) is 2. The number of thiophene rings is 1. The Bertz CT molecular complexity index is 811. The Labute approximate surface area is 141 Å². The first kappa shape index (κ1) is 16.6. The topological polar surface area (TPSA) is 66.4 Å². The highest BCUT2D eigenvalue weighted by atomic mass is 32.1. The van der Waals surface area contributed by atoms with Gasteiger partial charge in [0.05, 0.1) is 5.56 Å². The van der Waals surface area contributed by atoms with E-state index in [9.17, 15) is 23.5 Å². The van der Waals surface area contributed by atoms with E-state index in [0.717, 1.165) is 41.5 Å². The fraction of sp³-hybridized carbons (Fsp3) is 0.294. The molecule has 0 fully saturated rings. The fourth-order valence-corrected chi connectivity index (χ4v) is 4.34. The Hall–Kier alpha value is -2.28. The number of aromatic carboxylic acids is 1. The molecule has 0 bridgehead atoms. The number of amides is 1. The van der Waals surface area contributed by atoms with Crippen LogP contribution >= 0.6 is 11.3 Å². The molecule has 0 saturated heterocycles. The molecule has 0 radical (unpaired) electrons. The quantitative estimate of drug-likeness (QED) is 0.875. The molecule has 0 aliphatic heterocycles. The lowest BCUT2D eigenvalue weighted by atomic mass is 9.88. The van der Waals surface area contributed by atoms with E-state index in [4.69, 9.17) is 0 Å². The molecule has 1 aliphatic rings. The van der Waals surface area contributed by atoms with Gasteiger partial charge in [-0.05, 0) is 42.9 Å². The molecule has 1 aliphatic carbocycles. The number of benzene rings is 1. The number of fused-ring (bicyclic) bond motifs is 1. The summed E-state index contributed by atoms with van der Waals surface area (Å²) >= 11 is 1.17. The van der Waals surface area contributed by atoms with Crippen molar-refractivity contribution in [2.24, 2.45) is 5.92 Å². The number of anilines is 1. The van der Waals surface area contributed by atoms with Gasteiger partial charge in [0.1, 0.15) is 22.2 Å². The highest BCUT2D eigenvalue weighted by Crippen LogP contribution is 2.39. The van der Waals surface area contributed by atoms with Gasteiger partial charge in [-0.3, -0.25) is 4.79 Å². The van der Waals surface area contributed by atoms with Gasteiger partial charge >= 0.3 is 5.97 Å². The van der Waals surface area contributed by atoms with Crippen LogP contribution in [-0.2, 0) is 12.8 Å². The second kappa shape index (κ2) is 6.32. The number of halogens is 2. The van der Waals surface area contributed by atoms with E-state index in [0.29, 0.717) is 12.3 Å². The van der Waals surface area contributed by atoms with Crippen LogP contribution in [-0.4, -0.2) is 17.0 Å². The van der Waals surface area contributed by atoms with E-state index in [1.165, 1.54) is 11.3 Å². The maximum atomic E-state index is 13.7. The van der Waals surface area contributed by atoms with Gasteiger partial charge < -0.3 is 10.4 Å². The second-order valence-electron chi connectivity index (χ2n) is 5.91. The molecule has 1 unspecified atom stereocenters. The number of nitrogens with one attached hydrogen (secondary N) is 1. The number of carboxylic acids is 1. The summed E-state index contributed by atoms with van der Waals surface area (Å²) < 4.78 is 27.5. The summed E-state index contributed by atoms with van der Waals surface area (Å²) in [4.78, 5) is 24.7. The minimum absolute atomic E-state index is 0.0343. The average Bonchev–Trinajstić information content (AvgIpc) is 2.83. The van der Waals surface area contributed by atoms with Crippen LogP contribution in [0.25, 0.3) is 0 Å². The lowest BCUT2D eigenvalue weighted by molar-refractivity contribution is 0.0697. The van der Waals surface area contributed by atoms with Crippen molar-refractivity contribution in [1.29, 1.82) is 0 Å². The van der Waals surface area contributed by atoms with Gasteiger partial charge in [0.15, 0.2) is 0 Å². The van der Waals surface area contributed by atoms with Gasteiger partial charge in [-0.2, -0.15) is 0 Å². The van der Waals surface area contributed by atoms with Crippen LogP contribution in [0.3, 0.4) is 0 Å². The summed E-state index contributed by atoms with van der Waals surface area (Å²) in [5.41, 5.74) is 0.0375. The number of hydrogen-bond acceptors (Lipinski definition) is 3. The number of rotatable bonds is 3. The van der Waals surface area contributed by atoms with Crippen LogP contribution in [0.4, 0.5) is 13.8 Å². The maximum absolute atomic E-state index is 13.7. The number of carbonyl (C=O) groups excluding carboxylic acids is 1. The SMILES string of the molecule is CC1CCc2c(sc(NC(=O)c3c(F)cccc3F)c2C(=O)O)C1. The second-order valence-corrected chi connectivity index (χ2v) is 7.02. The molecule has 24 heavy (non-hydrogen) atoms. The molecular weight excluding hydrogens is 336 g/mol. The Balaban J connectivity index is 1.98. The molecule has 1 atom stereocenters. The molecule has 1 heterocycles. The summed E-state index contributed by atoms with van der Waals surface area (Å²) in [6.45, 7) is 2.08. The van der Waals surface area contributed by atoms with Crippen molar-refractivity contribution in [2.75, 3.05) is 5.32 Å². The molecule has 2 aromatic rings. The van der Waals surface area contributed by atoms with E-state index in [1.54, 1.807) is 0 Å². The van der Waals surface area contributed by atoms with Crippen molar-refractivity contribution in [3.63, 3.8) is 0 Å². The van der Waals surface area contributed by atoms with Gasteiger partial charge in [-0.1, -0.05) is 13.0 Å². The largest absolute Gasteiger partial charge is 0.478 e. The van der Waals surface area contributed by atoms with Crippen LogP contribution in [0.15, 0.2) is 18.2 Å². The van der Waals surface area contributed by atoms with Crippen molar-refractivity contribution >= 4 is 28.2 Å². The number of carboxylic acid groups (broad SMARTS) is 1. The molecule has 1 aromatic heterocycles. The summed E-state index contributed by atoms with van der Waals surface area (Å²) in [6.07, 6.45) is 2.24. The van der Waals surface area contributed by atoms with Crippen LogP contribution in [0.2, 0.25) is 0 Å². The van der Waals surface area contributed by atoms with Gasteiger partial charge in [-0.25, -0.2) is 13.6 Å². The molecule has 1 aromatic carbocycles. The zero-order chi connectivity index (χ0) is 17.4. The molecule has 4 nitrogen and oxygen atoms in total. The van der Waals surface area contributed by atoms with E-state index in [2.05, 4.69) is 12.2 Å². The maximum Gasteiger partial charge on any atom is 0.339 e. The summed E-state index contributed by atoms with van der Waals surface area (Å²) in [5.74, 6) is -3.67. The van der Waals surface area contributed by atoms with Gasteiger partial charge in [0.25, 0.3) is 5.91 Å². The van der Waals surface area contributed by atoms with E-state index >= 15 is 0 Å². The lowest BCUT2D eigenvalue weighted by Crippen LogP contribution is -2.17. The first-order valence-electron chi connectivity index (χ1n) is 7.51. The first-order valence-corrected chi connectivity index (χ1v) is 8.33. The van der Waals surface area contributed by atoms with Gasteiger partial charge in [0.2, 0.25) is 0 Å². The van der Waals surface area contributed by atoms with Gasteiger partial charge in [0, 0.05) is 4.88 Å². The summed E-state index contributed by atoms with van der Waals surface area (Å²) in [5, 5.41) is 12.0. The minimum Gasteiger partial charge on any atom is -0.478 e. The third kappa shape index (κ3) is 2.91. The Morgan fingerprint density at radius 1 is 1.25 bits per heavy atom. The Morgan fingerprint density at radius 2 is 1.92 bits per heavy atom. The van der Waals surface area contributed by atoms with Crippen molar-refractivity contribution in [3.05, 3.63) is 51.4 Å². The van der Waals surface area contributed by atoms with E-state index in [1.807, 2.05) is 0 Å². The number of carbonyl (C=O) groups is 2. The zero-order valence-corrected chi connectivity index (χ0v) is 13.7. The van der Waals surface area contributed by atoms with Crippen LogP contribution in [0.1, 0.15) is 44.5 Å². The minimum atomic E-state index is -1.15. The van der Waals surface area contributed by atoms with Crippen molar-refractivity contribution in [2.45, 2.75) is 26.2 Å². The highest BCUT2D eigenvalue weighted by Gasteiger charge is 2.29. The highest BCUT2D eigenvalue weighted by molar-refractivity contribution is 7.17. The molecule has 3 rings (SSSR count). The fourth-order valence-electron chi connectivity index (χ4n) is 2.95. The molecule has 1 amide bonds. The van der Waals surface area contributed by atoms with Crippen LogP contribution < -0.4 is 5.32 Å². The van der Waals surface area contributed by atoms with E-state index < -0.39 is 29.1 Å². The molecule has 126 valence electrons. The Morgan fingerprint density at radius 3 is 2.54 bits per heavy atom. The molecular formula is C17H15F2NO3S. The summed E-state index contributed by atoms with van der Waals surface area (Å²) in [6, 6.07) is 3.13. The zero-order valence-electron chi connectivity index (χ0n) is 12.9. The van der Waals surface area contributed by atoms with Crippen molar-refractivity contribution in [1.82, 2.24) is 0 Å². The Kier molecular flexibility index (Phi) is 4.36. The summed E-state index contributed by atoms with van der Waals surface area (Å²) in [7, 11) is 0. The predicted molar refractivity (Wildman–Crippen MR) is 86.8 cm³/mol. The standard InChI is InChI=1S/C17H15F2NO3S/c1-8-5-6-9-12(7-8)24-16(13(9)17(22)23)20-15(21)14-10(18)3-2-4-11(14)19/h2-4,8H,5-7H2,1H3,(H,20,21)(H,22,23). The van der Waals surface area contributed by atoms with Crippen molar-refractivity contribution in [3.8, 4) is 0 Å².